The lowest BCUT2D eigenvalue weighted by atomic mass is 9.90. The Hall–Kier alpha value is -3.47. The number of fused-ring (bicyclic) bond motifs is 1. The number of benzene rings is 1. The van der Waals surface area contributed by atoms with Gasteiger partial charge in [-0.1, -0.05) is 37.3 Å². The molecule has 5 unspecified atom stereocenters. The normalized spacial score (nSPS) is 26.7. The first-order chi connectivity index (χ1) is 15.9. The molecule has 0 bridgehead atoms. The number of nitrogens with one attached hydrogen (secondary N) is 1. The van der Waals surface area contributed by atoms with Crippen LogP contribution in [0.2, 0.25) is 0 Å². The van der Waals surface area contributed by atoms with Gasteiger partial charge in [0.15, 0.2) is 5.92 Å². The third-order valence-electron chi connectivity index (χ3n) is 6.05. The minimum Gasteiger partial charge on any atom is -0.480 e. The molecule has 0 radical (unpaired) electrons. The number of esters is 2. The van der Waals surface area contributed by atoms with Crippen molar-refractivity contribution in [2.24, 2.45) is 11.3 Å². The second-order valence-electron chi connectivity index (χ2n) is 9.46. The van der Waals surface area contributed by atoms with E-state index < -0.39 is 78.0 Å². The van der Waals surface area contributed by atoms with Crippen LogP contribution < -0.4 is 5.32 Å². The summed E-state index contributed by atoms with van der Waals surface area (Å²) in [6.07, 6.45) is -1.17. The van der Waals surface area contributed by atoms with Crippen LogP contribution in [-0.4, -0.2) is 75.9 Å². The summed E-state index contributed by atoms with van der Waals surface area (Å²) in [5, 5.41) is 22.6. The summed E-state index contributed by atoms with van der Waals surface area (Å²) in [6.45, 7) is 5.82. The molecule has 3 rings (SSSR count). The van der Waals surface area contributed by atoms with Crippen molar-refractivity contribution in [2.75, 3.05) is 6.79 Å². The van der Waals surface area contributed by atoms with Crippen molar-refractivity contribution in [2.45, 2.75) is 57.8 Å². The van der Waals surface area contributed by atoms with Gasteiger partial charge in [-0.15, -0.1) is 0 Å². The number of β-lactam (4-membered cyclic amide) rings is 1. The van der Waals surface area contributed by atoms with Crippen LogP contribution in [0.4, 0.5) is 0 Å². The van der Waals surface area contributed by atoms with Crippen LogP contribution in [0.25, 0.3) is 0 Å². The van der Waals surface area contributed by atoms with Gasteiger partial charge in [-0.3, -0.25) is 19.2 Å². The van der Waals surface area contributed by atoms with Gasteiger partial charge in [-0.2, -0.15) is 0 Å². The molecular formula is C23H28N2O9. The zero-order chi connectivity index (χ0) is 25.4. The standard InChI is InChI=1S/C23H28N2O9/c1-11-15(21(31)33-10-34-22(32)23(2,3)4)25-16(17(11)26)14(19(25)28)24-18(27)13(20(29)30)12-8-6-5-7-9-12/h5-9,11,13-17,26H,10H2,1-4H3,(H,24,27)(H,29,30)/t11?,13?,14?,15?,16-,17?/m0/s1. The van der Waals surface area contributed by atoms with Gasteiger partial charge in [0.2, 0.25) is 18.6 Å². The van der Waals surface area contributed by atoms with E-state index in [1.807, 2.05) is 0 Å². The van der Waals surface area contributed by atoms with E-state index in [2.05, 4.69) is 5.32 Å². The number of carbonyl (C=O) groups is 5. The van der Waals surface area contributed by atoms with Gasteiger partial charge < -0.3 is 29.9 Å². The van der Waals surface area contributed by atoms with Gasteiger partial charge in [0, 0.05) is 5.92 Å². The van der Waals surface area contributed by atoms with E-state index in [4.69, 9.17) is 9.47 Å². The van der Waals surface area contributed by atoms with E-state index in [1.165, 1.54) is 12.1 Å². The number of carbonyl (C=O) groups excluding carboxylic acids is 4. The number of hydrogen-bond acceptors (Lipinski definition) is 8. The maximum absolute atomic E-state index is 12.8. The van der Waals surface area contributed by atoms with Crippen LogP contribution >= 0.6 is 0 Å². The number of aliphatic carboxylic acids is 1. The summed E-state index contributed by atoms with van der Waals surface area (Å²) in [6, 6.07) is 4.57. The first kappa shape index (κ1) is 25.2. The van der Waals surface area contributed by atoms with Gasteiger partial charge in [0.05, 0.1) is 17.6 Å². The average molecular weight is 476 g/mol. The molecule has 2 fully saturated rings. The van der Waals surface area contributed by atoms with E-state index in [9.17, 15) is 34.2 Å². The quantitative estimate of drug-likeness (QED) is 0.213. The highest BCUT2D eigenvalue weighted by Crippen LogP contribution is 2.40. The Morgan fingerprint density at radius 3 is 2.29 bits per heavy atom. The van der Waals surface area contributed by atoms with Gasteiger partial charge in [-0.05, 0) is 26.3 Å². The molecule has 0 saturated carbocycles. The fourth-order valence-corrected chi connectivity index (χ4v) is 4.17. The Morgan fingerprint density at radius 2 is 1.74 bits per heavy atom. The maximum Gasteiger partial charge on any atom is 0.332 e. The van der Waals surface area contributed by atoms with Crippen molar-refractivity contribution in [3.05, 3.63) is 35.9 Å². The molecule has 2 amide bonds. The van der Waals surface area contributed by atoms with E-state index in [-0.39, 0.29) is 5.56 Å². The number of aliphatic hydroxyl groups is 1. The van der Waals surface area contributed by atoms with Gasteiger partial charge in [-0.25, -0.2) is 4.79 Å². The molecule has 3 N–H and O–H groups in total. The SMILES string of the molecule is CC1C(O)[C@@H]2C(NC(=O)C(C(=O)O)c3ccccc3)C(=O)N2C1C(=O)OCOC(=O)C(C)(C)C. The molecule has 0 spiro atoms. The molecule has 0 aromatic heterocycles. The lowest BCUT2D eigenvalue weighted by Crippen LogP contribution is -2.73. The smallest absolute Gasteiger partial charge is 0.332 e. The fraction of sp³-hybridized carbons (Fsp3) is 0.522. The zero-order valence-electron chi connectivity index (χ0n) is 19.3. The minimum atomic E-state index is -1.54. The van der Waals surface area contributed by atoms with Gasteiger partial charge in [0.1, 0.15) is 12.1 Å². The molecule has 2 aliphatic rings. The Labute approximate surface area is 196 Å². The topological polar surface area (TPSA) is 160 Å². The van der Waals surface area contributed by atoms with Crippen molar-refractivity contribution in [1.82, 2.24) is 10.2 Å². The highest BCUT2D eigenvalue weighted by atomic mass is 16.7. The van der Waals surface area contributed by atoms with Crippen LogP contribution in [0.1, 0.15) is 39.2 Å². The maximum atomic E-state index is 12.8. The minimum absolute atomic E-state index is 0.239. The van der Waals surface area contributed by atoms with E-state index in [0.29, 0.717) is 0 Å². The monoisotopic (exact) mass is 476 g/mol. The molecular weight excluding hydrogens is 448 g/mol. The molecule has 11 nitrogen and oxygen atoms in total. The molecule has 0 aliphatic carbocycles. The number of carboxylic acids is 1. The molecule has 6 atom stereocenters. The van der Waals surface area contributed by atoms with Crippen molar-refractivity contribution in [3.63, 3.8) is 0 Å². The summed E-state index contributed by atoms with van der Waals surface area (Å²) in [5.41, 5.74) is -0.552. The lowest BCUT2D eigenvalue weighted by molar-refractivity contribution is -0.180. The number of nitrogens with zero attached hydrogens (tertiary/aromatic N) is 1. The van der Waals surface area contributed by atoms with E-state index in [1.54, 1.807) is 45.9 Å². The lowest BCUT2D eigenvalue weighted by Gasteiger charge is -2.45. The Morgan fingerprint density at radius 1 is 1.12 bits per heavy atom. The predicted octanol–water partition coefficient (Wildman–Crippen LogP) is 0.0196. The summed E-state index contributed by atoms with van der Waals surface area (Å²) in [7, 11) is 0. The van der Waals surface area contributed by atoms with Crippen molar-refractivity contribution in [1.29, 1.82) is 0 Å². The summed E-state index contributed by atoms with van der Waals surface area (Å²) in [5.74, 6) is -6.65. The third-order valence-corrected chi connectivity index (χ3v) is 6.05. The van der Waals surface area contributed by atoms with Gasteiger partial charge >= 0.3 is 17.9 Å². The highest BCUT2D eigenvalue weighted by molar-refractivity contribution is 6.05. The largest absolute Gasteiger partial charge is 0.480 e. The van der Waals surface area contributed by atoms with Crippen LogP contribution in [0.5, 0.6) is 0 Å². The first-order valence-electron chi connectivity index (χ1n) is 10.8. The predicted molar refractivity (Wildman–Crippen MR) is 115 cm³/mol. The molecule has 1 aromatic rings. The second kappa shape index (κ2) is 9.41. The summed E-state index contributed by atoms with van der Waals surface area (Å²) in [4.78, 5) is 62.7. The Bertz CT molecular complexity index is 988. The molecule has 2 aliphatic heterocycles. The fourth-order valence-electron chi connectivity index (χ4n) is 4.17. The zero-order valence-corrected chi connectivity index (χ0v) is 19.3. The highest BCUT2D eigenvalue weighted by Gasteiger charge is 2.64. The molecule has 1 aromatic carbocycles. The Kier molecular flexibility index (Phi) is 6.97. The number of hydrogen-bond donors (Lipinski definition) is 3. The first-order valence-corrected chi connectivity index (χ1v) is 10.8. The summed E-state index contributed by atoms with van der Waals surface area (Å²) >= 11 is 0. The van der Waals surface area contributed by atoms with E-state index in [0.717, 1.165) is 4.90 Å². The molecule has 2 saturated heterocycles. The van der Waals surface area contributed by atoms with Gasteiger partial charge in [0.25, 0.3) is 0 Å². The van der Waals surface area contributed by atoms with E-state index >= 15 is 0 Å². The number of rotatable bonds is 7. The van der Waals surface area contributed by atoms with Crippen LogP contribution in [-0.2, 0) is 33.4 Å². The second-order valence-corrected chi connectivity index (χ2v) is 9.46. The number of carboxylic acid groups (broad SMARTS) is 1. The van der Waals surface area contributed by atoms with Crippen molar-refractivity contribution < 1.29 is 43.7 Å². The van der Waals surface area contributed by atoms with Crippen LogP contribution in [0.15, 0.2) is 30.3 Å². The van der Waals surface area contributed by atoms with Crippen LogP contribution in [0, 0.1) is 11.3 Å². The van der Waals surface area contributed by atoms with Crippen LogP contribution in [0.3, 0.4) is 0 Å². The molecule has 34 heavy (non-hydrogen) atoms. The van der Waals surface area contributed by atoms with Crippen molar-refractivity contribution >= 4 is 29.7 Å². The number of amides is 2. The van der Waals surface area contributed by atoms with Crippen molar-refractivity contribution in [3.8, 4) is 0 Å². The Balaban J connectivity index is 1.66. The molecule has 184 valence electrons. The molecule has 11 heteroatoms. The third kappa shape index (κ3) is 4.60. The molecule has 2 heterocycles. The summed E-state index contributed by atoms with van der Waals surface area (Å²) < 4.78 is 9.91. The number of ether oxygens (including phenoxy) is 2. The average Bonchev–Trinajstić information content (AvgIpc) is 2.99. The number of aliphatic hydroxyl groups excluding tert-OH is 1.